The van der Waals surface area contributed by atoms with Crippen molar-refractivity contribution in [2.45, 2.75) is 77.3 Å². The van der Waals surface area contributed by atoms with Crippen molar-refractivity contribution in [2.24, 2.45) is 11.7 Å². The molecular weight excluding hydrogens is 414 g/mol. The van der Waals surface area contributed by atoms with E-state index in [0.29, 0.717) is 30.8 Å². The molecule has 0 saturated carbocycles. The molecule has 2 aliphatic rings. The summed E-state index contributed by atoms with van der Waals surface area (Å²) in [5.41, 5.74) is 7.71. The Hall–Kier alpha value is -2.67. The summed E-state index contributed by atoms with van der Waals surface area (Å²) in [6, 6.07) is 9.57. The summed E-state index contributed by atoms with van der Waals surface area (Å²) in [4.78, 5) is 22.3. The number of nitrogen functional groups attached to an aromatic ring is 1. The van der Waals surface area contributed by atoms with Crippen molar-refractivity contribution in [3.8, 4) is 0 Å². The van der Waals surface area contributed by atoms with E-state index < -0.39 is 0 Å². The molecule has 2 aliphatic heterocycles. The fraction of sp³-hybridized carbons (Fsp3) is 0.577. The number of benzene rings is 1. The molecule has 0 aliphatic carbocycles. The number of likely N-dealkylation sites (tertiary alicyclic amines) is 1. The van der Waals surface area contributed by atoms with Crippen molar-refractivity contribution in [3.63, 3.8) is 0 Å². The summed E-state index contributed by atoms with van der Waals surface area (Å²) >= 11 is 0. The van der Waals surface area contributed by atoms with Crippen molar-refractivity contribution in [2.75, 3.05) is 18.0 Å². The Labute approximate surface area is 196 Å². The SMILES string of the molecule is C[C@@H]1CCC[C@H](C)N1CCCCCN1C(=O)C(Cc2ncc(C(=N)N)o2)Cc2ccccc21. The zero-order valence-corrected chi connectivity index (χ0v) is 19.9. The number of fused-ring (bicyclic) bond motifs is 1. The monoisotopic (exact) mass is 451 g/mol. The highest BCUT2D eigenvalue weighted by Gasteiger charge is 2.33. The molecule has 1 amide bonds. The maximum absolute atomic E-state index is 13.4. The van der Waals surface area contributed by atoms with Crippen LogP contribution >= 0.6 is 0 Å². The van der Waals surface area contributed by atoms with E-state index in [4.69, 9.17) is 15.6 Å². The second-order valence-electron chi connectivity index (χ2n) is 9.68. The molecule has 3 atom stereocenters. The first kappa shape index (κ1) is 23.5. The van der Waals surface area contributed by atoms with Gasteiger partial charge < -0.3 is 15.1 Å². The molecule has 1 unspecified atom stereocenters. The zero-order chi connectivity index (χ0) is 23.4. The van der Waals surface area contributed by atoms with Crippen LogP contribution in [0.5, 0.6) is 0 Å². The Balaban J connectivity index is 1.35. The van der Waals surface area contributed by atoms with Crippen LogP contribution in [0.15, 0.2) is 34.9 Å². The van der Waals surface area contributed by atoms with E-state index in [2.05, 4.69) is 35.9 Å². The Morgan fingerprint density at radius 3 is 2.61 bits per heavy atom. The Morgan fingerprint density at radius 1 is 1.15 bits per heavy atom. The number of amides is 1. The molecule has 1 aromatic carbocycles. The largest absolute Gasteiger partial charge is 0.437 e. The molecule has 1 aromatic heterocycles. The lowest BCUT2D eigenvalue weighted by molar-refractivity contribution is -0.123. The molecule has 0 bridgehead atoms. The molecule has 0 spiro atoms. The third-order valence-electron chi connectivity index (χ3n) is 7.28. The summed E-state index contributed by atoms with van der Waals surface area (Å²) in [5.74, 6) is 0.484. The standard InChI is InChI=1S/C26H37N5O2/c1-18-9-8-10-19(2)30(18)13-6-3-7-14-31-22-12-5-4-11-20(22)15-21(26(31)32)16-24-29-17-23(33-24)25(27)28/h4-5,11-12,17-19,21H,3,6-10,13-16H2,1-2H3,(H3,27,28)/t18-,19+,21?. The highest BCUT2D eigenvalue weighted by molar-refractivity contribution is 5.98. The Morgan fingerprint density at radius 2 is 1.88 bits per heavy atom. The average Bonchev–Trinajstić information content (AvgIpc) is 3.26. The van der Waals surface area contributed by atoms with Gasteiger partial charge in [0.15, 0.2) is 17.5 Å². The Kier molecular flexibility index (Phi) is 7.48. The van der Waals surface area contributed by atoms with Gasteiger partial charge in [0, 0.05) is 30.7 Å². The first-order valence-electron chi connectivity index (χ1n) is 12.4. The minimum absolute atomic E-state index is 0.134. The van der Waals surface area contributed by atoms with Gasteiger partial charge in [0.25, 0.3) is 0 Å². The number of aromatic nitrogens is 1. The molecule has 3 N–H and O–H groups in total. The lowest BCUT2D eigenvalue weighted by Crippen LogP contribution is -2.44. The van der Waals surface area contributed by atoms with E-state index in [9.17, 15) is 4.79 Å². The average molecular weight is 452 g/mol. The van der Waals surface area contributed by atoms with Crippen LogP contribution in [0.25, 0.3) is 0 Å². The van der Waals surface area contributed by atoms with E-state index in [1.165, 1.54) is 37.4 Å². The van der Waals surface area contributed by atoms with E-state index in [-0.39, 0.29) is 23.4 Å². The number of anilines is 1. The summed E-state index contributed by atoms with van der Waals surface area (Å²) in [7, 11) is 0. The van der Waals surface area contributed by atoms with Crippen LogP contribution in [-0.2, 0) is 17.6 Å². The minimum Gasteiger partial charge on any atom is -0.437 e. The Bertz CT molecular complexity index is 961. The molecular formula is C26H37N5O2. The second kappa shape index (κ2) is 10.5. The summed E-state index contributed by atoms with van der Waals surface area (Å²) in [6.07, 6.45) is 9.81. The van der Waals surface area contributed by atoms with Crippen LogP contribution in [0.2, 0.25) is 0 Å². The van der Waals surface area contributed by atoms with Crippen molar-refractivity contribution in [3.05, 3.63) is 47.7 Å². The number of nitrogens with one attached hydrogen (secondary N) is 1. The van der Waals surface area contributed by atoms with Crippen LogP contribution in [0.4, 0.5) is 5.69 Å². The topological polar surface area (TPSA) is 99.5 Å². The first-order chi connectivity index (χ1) is 15.9. The van der Waals surface area contributed by atoms with Gasteiger partial charge in [-0.2, -0.15) is 0 Å². The predicted molar refractivity (Wildman–Crippen MR) is 131 cm³/mol. The van der Waals surface area contributed by atoms with Gasteiger partial charge in [-0.15, -0.1) is 0 Å². The predicted octanol–water partition coefficient (Wildman–Crippen LogP) is 4.14. The number of carbonyl (C=O) groups excluding carboxylic acids is 1. The first-order valence-corrected chi connectivity index (χ1v) is 12.4. The number of oxazole rings is 1. The number of piperidine rings is 1. The number of para-hydroxylation sites is 1. The van der Waals surface area contributed by atoms with Crippen LogP contribution in [-0.4, -0.2) is 46.8 Å². The van der Waals surface area contributed by atoms with Gasteiger partial charge in [0.1, 0.15) is 0 Å². The number of amidine groups is 1. The number of hydrogen-bond acceptors (Lipinski definition) is 5. The van der Waals surface area contributed by atoms with Crippen molar-refractivity contribution in [1.29, 1.82) is 5.41 Å². The molecule has 7 nitrogen and oxygen atoms in total. The van der Waals surface area contributed by atoms with Gasteiger partial charge in [-0.05, 0) is 64.1 Å². The van der Waals surface area contributed by atoms with Gasteiger partial charge in [-0.25, -0.2) is 4.98 Å². The maximum atomic E-state index is 13.4. The van der Waals surface area contributed by atoms with Crippen LogP contribution in [0, 0.1) is 11.3 Å². The van der Waals surface area contributed by atoms with Crippen molar-refractivity contribution in [1.82, 2.24) is 9.88 Å². The third kappa shape index (κ3) is 5.46. The maximum Gasteiger partial charge on any atom is 0.230 e. The van der Waals surface area contributed by atoms with E-state index in [1.807, 2.05) is 17.0 Å². The van der Waals surface area contributed by atoms with Crippen LogP contribution in [0.3, 0.4) is 0 Å². The van der Waals surface area contributed by atoms with Gasteiger partial charge in [0.2, 0.25) is 5.91 Å². The number of nitrogens with zero attached hydrogens (tertiary/aromatic N) is 3. The molecule has 3 heterocycles. The number of hydrogen-bond donors (Lipinski definition) is 2. The van der Waals surface area contributed by atoms with Crippen LogP contribution < -0.4 is 10.6 Å². The van der Waals surface area contributed by atoms with Gasteiger partial charge in [0.05, 0.1) is 12.1 Å². The molecule has 0 radical (unpaired) electrons. The number of unbranched alkanes of at least 4 members (excludes halogenated alkanes) is 2. The summed E-state index contributed by atoms with van der Waals surface area (Å²) in [6.45, 7) is 6.60. The van der Waals surface area contributed by atoms with Gasteiger partial charge >= 0.3 is 0 Å². The summed E-state index contributed by atoms with van der Waals surface area (Å²) in [5, 5.41) is 7.50. The smallest absolute Gasteiger partial charge is 0.230 e. The number of nitrogens with two attached hydrogens (primary N) is 1. The van der Waals surface area contributed by atoms with Crippen LogP contribution in [0.1, 0.15) is 69.6 Å². The summed E-state index contributed by atoms with van der Waals surface area (Å²) < 4.78 is 5.57. The minimum atomic E-state index is -0.214. The quantitative estimate of drug-likeness (QED) is 0.339. The lowest BCUT2D eigenvalue weighted by atomic mass is 9.89. The molecule has 1 saturated heterocycles. The second-order valence-corrected chi connectivity index (χ2v) is 9.68. The molecule has 178 valence electrons. The van der Waals surface area contributed by atoms with E-state index in [0.717, 1.165) is 31.6 Å². The van der Waals surface area contributed by atoms with E-state index >= 15 is 0 Å². The fourth-order valence-electron chi connectivity index (χ4n) is 5.43. The van der Waals surface area contributed by atoms with E-state index in [1.54, 1.807) is 0 Å². The molecule has 1 fully saturated rings. The molecule has 2 aromatic rings. The van der Waals surface area contributed by atoms with Gasteiger partial charge in [-0.3, -0.25) is 15.1 Å². The van der Waals surface area contributed by atoms with Crippen molar-refractivity contribution < 1.29 is 9.21 Å². The third-order valence-corrected chi connectivity index (χ3v) is 7.28. The zero-order valence-electron chi connectivity index (χ0n) is 19.9. The fourth-order valence-corrected chi connectivity index (χ4v) is 5.43. The molecule has 33 heavy (non-hydrogen) atoms. The van der Waals surface area contributed by atoms with Gasteiger partial charge in [-0.1, -0.05) is 31.0 Å². The molecule has 4 rings (SSSR count). The highest BCUT2D eigenvalue weighted by atomic mass is 16.4. The lowest BCUT2D eigenvalue weighted by Gasteiger charge is -2.39. The normalized spacial score (nSPS) is 23.5. The number of carbonyl (C=O) groups is 1. The van der Waals surface area contributed by atoms with Crippen molar-refractivity contribution >= 4 is 17.4 Å². The molecule has 7 heteroatoms. The highest BCUT2D eigenvalue weighted by Crippen LogP contribution is 2.32. The number of rotatable bonds is 9.